The molecule has 2 N–H and O–H groups in total. The van der Waals surface area contributed by atoms with Crippen molar-refractivity contribution in [3.05, 3.63) is 64.3 Å². The summed E-state index contributed by atoms with van der Waals surface area (Å²) in [5, 5.41) is 16.6. The number of nitrogens with one attached hydrogen (secondary N) is 2. The van der Waals surface area contributed by atoms with Gasteiger partial charge in [0.15, 0.2) is 16.8 Å². The average molecular weight is 560 g/mol. The Morgan fingerprint density at radius 1 is 0.878 bits per heavy atom. The molecule has 0 unspecified atom stereocenters. The molecule has 41 heavy (non-hydrogen) atoms. The highest BCUT2D eigenvalue weighted by Gasteiger charge is 2.15. The summed E-state index contributed by atoms with van der Waals surface area (Å²) < 4.78 is 11.8. The molecule has 4 aromatic rings. The largest absolute Gasteiger partial charge is 0.494 e. The van der Waals surface area contributed by atoms with Crippen LogP contribution in [0.1, 0.15) is 101 Å². The fourth-order valence-corrected chi connectivity index (χ4v) is 4.86. The maximum Gasteiger partial charge on any atom is 0.255 e. The summed E-state index contributed by atoms with van der Waals surface area (Å²) in [5.74, 6) is 0.815. The average Bonchev–Trinajstić information content (AvgIpc) is 3.53. The second-order valence-electron chi connectivity index (χ2n) is 10.5. The summed E-state index contributed by atoms with van der Waals surface area (Å²) in [6.45, 7) is 2.93. The minimum absolute atomic E-state index is 0.180. The number of rotatable bonds is 18. The predicted molar refractivity (Wildman–Crippen MR) is 161 cm³/mol. The van der Waals surface area contributed by atoms with E-state index in [4.69, 9.17) is 9.15 Å². The molecule has 0 saturated heterocycles. The van der Waals surface area contributed by atoms with Gasteiger partial charge in [0.2, 0.25) is 5.82 Å². The van der Waals surface area contributed by atoms with E-state index < -0.39 is 0 Å². The van der Waals surface area contributed by atoms with Crippen molar-refractivity contribution in [2.75, 3.05) is 11.9 Å². The Bertz CT molecular complexity index is 1400. The maximum atomic E-state index is 13.0. The summed E-state index contributed by atoms with van der Waals surface area (Å²) in [6.07, 6.45) is 17.1. The van der Waals surface area contributed by atoms with Crippen molar-refractivity contribution in [3.63, 3.8) is 0 Å². The Balaban J connectivity index is 1.17. The van der Waals surface area contributed by atoms with Crippen molar-refractivity contribution in [2.45, 2.75) is 90.4 Å². The van der Waals surface area contributed by atoms with Crippen molar-refractivity contribution < 1.29 is 13.9 Å². The zero-order valence-corrected chi connectivity index (χ0v) is 24.0. The highest BCUT2D eigenvalue weighted by atomic mass is 16.5. The van der Waals surface area contributed by atoms with Crippen LogP contribution in [0.15, 0.2) is 57.7 Å². The molecule has 2 aromatic heterocycles. The number of ether oxygens (including phenoxy) is 1. The van der Waals surface area contributed by atoms with Crippen molar-refractivity contribution >= 4 is 22.6 Å². The molecular weight excluding hydrogens is 518 g/mol. The number of hydrogen-bond donors (Lipinski definition) is 2. The van der Waals surface area contributed by atoms with Gasteiger partial charge in [0.05, 0.1) is 17.7 Å². The molecule has 0 spiro atoms. The van der Waals surface area contributed by atoms with Gasteiger partial charge in [-0.05, 0) is 53.2 Å². The standard InChI is InChI=1S/C32H41N5O4/c1-2-3-4-5-6-7-8-9-10-11-12-13-14-22-40-25-20-18-24(19-21-25)32(39)33-27-17-15-16-26-28(38)23-29(41-30(26)27)31-34-36-37-35-31/h15-21,23H,2-14,22H2,1H3,(H,33,39)(H,34,35,36,37). The van der Waals surface area contributed by atoms with Crippen LogP contribution in [0.2, 0.25) is 0 Å². The predicted octanol–water partition coefficient (Wildman–Crippen LogP) is 7.70. The number of nitrogens with zero attached hydrogens (tertiary/aromatic N) is 3. The SMILES string of the molecule is CCCCCCCCCCCCCCCOc1ccc(C(=O)Nc2cccc3c(=O)cc(-c4nnn[nH]4)oc23)cc1. The highest BCUT2D eigenvalue weighted by molar-refractivity contribution is 6.08. The summed E-state index contributed by atoms with van der Waals surface area (Å²) in [4.78, 5) is 25.6. The number of carbonyl (C=O) groups is 1. The Labute approximate surface area is 241 Å². The Kier molecular flexibility index (Phi) is 11.9. The van der Waals surface area contributed by atoms with Gasteiger partial charge in [0, 0.05) is 11.6 Å². The van der Waals surface area contributed by atoms with E-state index >= 15 is 0 Å². The monoisotopic (exact) mass is 559 g/mol. The Morgan fingerprint density at radius 2 is 1.54 bits per heavy atom. The third kappa shape index (κ3) is 9.27. The molecule has 0 aliphatic carbocycles. The molecule has 9 nitrogen and oxygen atoms in total. The molecule has 1 amide bonds. The van der Waals surface area contributed by atoms with Crippen LogP contribution in [-0.2, 0) is 0 Å². The summed E-state index contributed by atoms with van der Waals surface area (Å²) in [5.41, 5.74) is 0.825. The number of para-hydroxylation sites is 1. The second kappa shape index (κ2) is 16.3. The maximum absolute atomic E-state index is 13.0. The number of tetrazole rings is 1. The van der Waals surface area contributed by atoms with Gasteiger partial charge in [-0.3, -0.25) is 9.59 Å². The first kappa shape index (κ1) is 30.0. The molecule has 0 aliphatic heterocycles. The molecule has 0 bridgehead atoms. The quantitative estimate of drug-likeness (QED) is 0.120. The van der Waals surface area contributed by atoms with Crippen LogP contribution in [0.4, 0.5) is 5.69 Å². The van der Waals surface area contributed by atoms with Crippen LogP contribution in [0.25, 0.3) is 22.6 Å². The zero-order valence-electron chi connectivity index (χ0n) is 24.0. The number of aromatic amines is 1. The van der Waals surface area contributed by atoms with Gasteiger partial charge >= 0.3 is 0 Å². The van der Waals surface area contributed by atoms with Gasteiger partial charge in [-0.15, -0.1) is 5.10 Å². The molecule has 0 fully saturated rings. The van der Waals surface area contributed by atoms with Gasteiger partial charge in [0.25, 0.3) is 5.91 Å². The third-order valence-electron chi connectivity index (χ3n) is 7.21. The van der Waals surface area contributed by atoms with E-state index in [1.165, 1.54) is 83.1 Å². The third-order valence-corrected chi connectivity index (χ3v) is 7.21. The lowest BCUT2D eigenvalue weighted by Gasteiger charge is -2.10. The molecule has 218 valence electrons. The van der Waals surface area contributed by atoms with Crippen molar-refractivity contribution in [1.82, 2.24) is 20.6 Å². The van der Waals surface area contributed by atoms with Crippen LogP contribution >= 0.6 is 0 Å². The van der Waals surface area contributed by atoms with Crippen molar-refractivity contribution in [3.8, 4) is 17.3 Å². The van der Waals surface area contributed by atoms with E-state index in [1.807, 2.05) is 0 Å². The van der Waals surface area contributed by atoms with E-state index in [1.54, 1.807) is 42.5 Å². The Hall–Kier alpha value is -4.01. The summed E-state index contributed by atoms with van der Waals surface area (Å²) in [6, 6.07) is 13.4. The lowest BCUT2D eigenvalue weighted by Crippen LogP contribution is -2.13. The number of anilines is 1. The van der Waals surface area contributed by atoms with Crippen LogP contribution in [0.3, 0.4) is 0 Å². The topological polar surface area (TPSA) is 123 Å². The van der Waals surface area contributed by atoms with Crippen LogP contribution in [0.5, 0.6) is 5.75 Å². The minimum Gasteiger partial charge on any atom is -0.494 e. The van der Waals surface area contributed by atoms with Crippen LogP contribution < -0.4 is 15.5 Å². The highest BCUT2D eigenvalue weighted by Crippen LogP contribution is 2.26. The van der Waals surface area contributed by atoms with Crippen LogP contribution in [0, 0.1) is 0 Å². The van der Waals surface area contributed by atoms with Crippen molar-refractivity contribution in [1.29, 1.82) is 0 Å². The molecule has 0 radical (unpaired) electrons. The van der Waals surface area contributed by atoms with Gasteiger partial charge in [-0.2, -0.15) is 0 Å². The molecule has 0 saturated carbocycles. The fraction of sp³-hybridized carbons (Fsp3) is 0.469. The van der Waals surface area contributed by atoms with E-state index in [9.17, 15) is 9.59 Å². The fourth-order valence-electron chi connectivity index (χ4n) is 4.86. The molecule has 2 heterocycles. The number of benzene rings is 2. The number of unbranched alkanes of at least 4 members (excludes halogenated alkanes) is 12. The number of amides is 1. The lowest BCUT2D eigenvalue weighted by molar-refractivity contribution is 0.102. The first-order valence-electron chi connectivity index (χ1n) is 15.0. The first-order chi connectivity index (χ1) is 20.2. The molecule has 0 aliphatic rings. The molecule has 0 atom stereocenters. The smallest absolute Gasteiger partial charge is 0.255 e. The molecule has 4 rings (SSSR count). The van der Waals surface area contributed by atoms with E-state index in [2.05, 4.69) is 32.9 Å². The molecular formula is C32H41N5O4. The summed E-state index contributed by atoms with van der Waals surface area (Å²) in [7, 11) is 0. The molecule has 9 heteroatoms. The number of aromatic nitrogens is 4. The van der Waals surface area contributed by atoms with Crippen molar-refractivity contribution in [2.24, 2.45) is 0 Å². The summed E-state index contributed by atoms with van der Waals surface area (Å²) >= 11 is 0. The number of H-pyrrole nitrogens is 1. The minimum atomic E-state index is -0.324. The second-order valence-corrected chi connectivity index (χ2v) is 10.5. The number of fused-ring (bicyclic) bond motifs is 1. The van der Waals surface area contributed by atoms with E-state index in [0.717, 1.165) is 12.2 Å². The number of carbonyl (C=O) groups excluding carboxylic acids is 1. The Morgan fingerprint density at radius 3 is 2.17 bits per heavy atom. The van der Waals surface area contributed by atoms with Gasteiger partial charge in [-0.1, -0.05) is 90.0 Å². The van der Waals surface area contributed by atoms with Crippen LogP contribution in [-0.4, -0.2) is 33.1 Å². The van der Waals surface area contributed by atoms with E-state index in [0.29, 0.717) is 23.2 Å². The van der Waals surface area contributed by atoms with Gasteiger partial charge in [0.1, 0.15) is 5.75 Å². The van der Waals surface area contributed by atoms with Gasteiger partial charge in [-0.25, -0.2) is 5.10 Å². The van der Waals surface area contributed by atoms with E-state index in [-0.39, 0.29) is 28.5 Å². The molecule has 2 aromatic carbocycles. The van der Waals surface area contributed by atoms with Gasteiger partial charge < -0.3 is 14.5 Å². The number of hydrogen-bond acceptors (Lipinski definition) is 7. The zero-order chi connectivity index (χ0) is 28.7. The normalized spacial score (nSPS) is 11.1. The first-order valence-corrected chi connectivity index (χ1v) is 15.0. The lowest BCUT2D eigenvalue weighted by atomic mass is 10.0.